The minimum absolute atomic E-state index is 0.114. The first-order chi connectivity index (χ1) is 12.0. The van der Waals surface area contributed by atoms with E-state index in [9.17, 15) is 18.8 Å². The van der Waals surface area contributed by atoms with Crippen LogP contribution in [0.2, 0.25) is 0 Å². The maximum absolute atomic E-state index is 13.5. The van der Waals surface area contributed by atoms with Gasteiger partial charge in [0.1, 0.15) is 5.82 Å². The number of halogens is 1. The van der Waals surface area contributed by atoms with Gasteiger partial charge in [-0.15, -0.1) is 0 Å². The average Bonchev–Trinajstić information content (AvgIpc) is 2.62. The van der Waals surface area contributed by atoms with Gasteiger partial charge in [0, 0.05) is 26.2 Å². The molecule has 0 spiro atoms. The highest BCUT2D eigenvalue weighted by Crippen LogP contribution is 2.07. The van der Waals surface area contributed by atoms with Gasteiger partial charge in [0.05, 0.1) is 19.6 Å². The monoisotopic (exact) mass is 351 g/mol. The number of benzene rings is 1. The van der Waals surface area contributed by atoms with Gasteiger partial charge in [0.25, 0.3) is 0 Å². The van der Waals surface area contributed by atoms with Crippen LogP contribution in [0, 0.1) is 5.82 Å². The maximum atomic E-state index is 13.5. The predicted molar refractivity (Wildman–Crippen MR) is 88.3 cm³/mol. The minimum Gasteiger partial charge on any atom is -0.450 e. The number of nitrogens with one attached hydrogen (secondary N) is 1. The molecule has 1 aromatic rings. The summed E-state index contributed by atoms with van der Waals surface area (Å²) in [5.41, 5.74) is 0.287. The van der Waals surface area contributed by atoms with E-state index < -0.39 is 11.7 Å². The number of rotatable bonds is 5. The molecular formula is C17H22FN3O4. The zero-order chi connectivity index (χ0) is 18.2. The molecule has 1 aliphatic heterocycles. The zero-order valence-corrected chi connectivity index (χ0v) is 14.2. The van der Waals surface area contributed by atoms with E-state index in [1.165, 1.54) is 12.1 Å². The lowest BCUT2D eigenvalue weighted by Gasteiger charge is -2.34. The van der Waals surface area contributed by atoms with E-state index in [0.29, 0.717) is 32.8 Å². The summed E-state index contributed by atoms with van der Waals surface area (Å²) in [7, 11) is 0. The smallest absolute Gasteiger partial charge is 0.409 e. The molecule has 1 fully saturated rings. The summed E-state index contributed by atoms with van der Waals surface area (Å²) >= 11 is 0. The normalized spacial score (nSPS) is 14.2. The van der Waals surface area contributed by atoms with E-state index in [-0.39, 0.29) is 30.5 Å². The van der Waals surface area contributed by atoms with Gasteiger partial charge in [-0.1, -0.05) is 18.2 Å². The van der Waals surface area contributed by atoms with Crippen molar-refractivity contribution in [3.05, 3.63) is 35.6 Å². The summed E-state index contributed by atoms with van der Waals surface area (Å²) in [6, 6.07) is 6.03. The summed E-state index contributed by atoms with van der Waals surface area (Å²) in [4.78, 5) is 38.7. The number of carbonyl (C=O) groups is 3. The third-order valence-electron chi connectivity index (χ3n) is 3.90. The molecule has 0 bridgehead atoms. The molecular weight excluding hydrogens is 329 g/mol. The summed E-state index contributed by atoms with van der Waals surface area (Å²) in [5, 5.41) is 2.51. The summed E-state index contributed by atoms with van der Waals surface area (Å²) in [6.07, 6.45) is -0.496. The third kappa shape index (κ3) is 5.44. The Bertz CT molecular complexity index is 630. The molecule has 1 saturated heterocycles. The van der Waals surface area contributed by atoms with Crippen LogP contribution in [0.3, 0.4) is 0 Å². The second-order valence-corrected chi connectivity index (χ2v) is 5.61. The molecule has 0 radical (unpaired) electrons. The largest absolute Gasteiger partial charge is 0.450 e. The van der Waals surface area contributed by atoms with E-state index in [0.717, 1.165) is 0 Å². The molecule has 3 amide bonds. The summed E-state index contributed by atoms with van der Waals surface area (Å²) in [6.45, 7) is 3.48. The number of carbonyl (C=O) groups excluding carboxylic acids is 3. The van der Waals surface area contributed by atoms with E-state index in [2.05, 4.69) is 5.32 Å². The van der Waals surface area contributed by atoms with Crippen LogP contribution in [0.1, 0.15) is 12.5 Å². The van der Waals surface area contributed by atoms with Crippen molar-refractivity contribution in [3.63, 3.8) is 0 Å². The lowest BCUT2D eigenvalue weighted by molar-refractivity contribution is -0.134. The van der Waals surface area contributed by atoms with Gasteiger partial charge >= 0.3 is 6.09 Å². The Balaban J connectivity index is 1.73. The number of piperazine rings is 1. The Morgan fingerprint density at radius 1 is 1.12 bits per heavy atom. The second-order valence-electron chi connectivity index (χ2n) is 5.61. The van der Waals surface area contributed by atoms with Crippen LogP contribution in [0.15, 0.2) is 24.3 Å². The summed E-state index contributed by atoms with van der Waals surface area (Å²) in [5.74, 6) is -1.09. The lowest BCUT2D eigenvalue weighted by Crippen LogP contribution is -2.52. The van der Waals surface area contributed by atoms with Crippen LogP contribution in [0.25, 0.3) is 0 Å². The van der Waals surface area contributed by atoms with Gasteiger partial charge in [-0.2, -0.15) is 0 Å². The first kappa shape index (κ1) is 18.7. The van der Waals surface area contributed by atoms with Crippen LogP contribution < -0.4 is 5.32 Å². The standard InChI is InChI=1S/C17H22FN3O4/c1-2-25-17(24)21-9-7-20(8-10-21)16(23)12-19-15(22)11-13-5-3-4-6-14(13)18/h3-6H,2,7-12H2,1H3,(H,19,22). The molecule has 8 heteroatoms. The average molecular weight is 351 g/mol. The molecule has 0 unspecified atom stereocenters. The molecule has 0 saturated carbocycles. The Morgan fingerprint density at radius 3 is 2.40 bits per heavy atom. The van der Waals surface area contributed by atoms with E-state index in [1.54, 1.807) is 28.9 Å². The number of hydrogen-bond acceptors (Lipinski definition) is 4. The van der Waals surface area contributed by atoms with E-state index >= 15 is 0 Å². The molecule has 136 valence electrons. The third-order valence-corrected chi connectivity index (χ3v) is 3.90. The zero-order valence-electron chi connectivity index (χ0n) is 14.2. The van der Waals surface area contributed by atoms with Crippen molar-refractivity contribution in [1.82, 2.24) is 15.1 Å². The molecule has 1 aromatic carbocycles. The lowest BCUT2D eigenvalue weighted by atomic mass is 10.1. The quantitative estimate of drug-likeness (QED) is 0.851. The van der Waals surface area contributed by atoms with Gasteiger partial charge in [-0.25, -0.2) is 9.18 Å². The fourth-order valence-electron chi connectivity index (χ4n) is 2.52. The van der Waals surface area contributed by atoms with E-state index in [1.807, 2.05) is 0 Å². The van der Waals surface area contributed by atoms with Crippen molar-refractivity contribution in [2.75, 3.05) is 39.3 Å². The number of hydrogen-bond donors (Lipinski definition) is 1. The Kier molecular flexibility index (Phi) is 6.73. The van der Waals surface area contributed by atoms with Crippen LogP contribution >= 0.6 is 0 Å². The van der Waals surface area contributed by atoms with Crippen molar-refractivity contribution >= 4 is 17.9 Å². The molecule has 0 atom stereocenters. The SMILES string of the molecule is CCOC(=O)N1CCN(C(=O)CNC(=O)Cc2ccccc2F)CC1. The predicted octanol–water partition coefficient (Wildman–Crippen LogP) is 0.785. The topological polar surface area (TPSA) is 79.0 Å². The van der Waals surface area contributed by atoms with E-state index in [4.69, 9.17) is 4.74 Å². The van der Waals surface area contributed by atoms with Gasteiger partial charge in [-0.05, 0) is 18.6 Å². The van der Waals surface area contributed by atoms with Crippen molar-refractivity contribution in [3.8, 4) is 0 Å². The van der Waals surface area contributed by atoms with Crippen molar-refractivity contribution in [2.24, 2.45) is 0 Å². The van der Waals surface area contributed by atoms with Gasteiger partial charge in [0.15, 0.2) is 0 Å². The molecule has 0 aromatic heterocycles. The van der Waals surface area contributed by atoms with Gasteiger partial charge < -0.3 is 19.9 Å². The fraction of sp³-hybridized carbons (Fsp3) is 0.471. The molecule has 1 N–H and O–H groups in total. The molecule has 0 aliphatic carbocycles. The first-order valence-electron chi connectivity index (χ1n) is 8.20. The molecule has 1 aliphatic rings. The highest BCUT2D eigenvalue weighted by Gasteiger charge is 2.24. The van der Waals surface area contributed by atoms with Crippen LogP contribution in [-0.2, 0) is 20.7 Å². The maximum Gasteiger partial charge on any atom is 0.409 e. The summed E-state index contributed by atoms with van der Waals surface area (Å²) < 4.78 is 18.4. The Labute approximate surface area is 145 Å². The van der Waals surface area contributed by atoms with Crippen molar-refractivity contribution in [1.29, 1.82) is 0 Å². The van der Waals surface area contributed by atoms with Crippen LogP contribution in [0.5, 0.6) is 0 Å². The second kappa shape index (κ2) is 9.00. The van der Waals surface area contributed by atoms with Crippen molar-refractivity contribution < 1.29 is 23.5 Å². The highest BCUT2D eigenvalue weighted by molar-refractivity contribution is 5.86. The number of amides is 3. The minimum atomic E-state index is -0.445. The van der Waals surface area contributed by atoms with Crippen molar-refractivity contribution in [2.45, 2.75) is 13.3 Å². The molecule has 1 heterocycles. The number of ether oxygens (including phenoxy) is 1. The van der Waals surface area contributed by atoms with Gasteiger partial charge in [-0.3, -0.25) is 9.59 Å². The van der Waals surface area contributed by atoms with Crippen LogP contribution in [0.4, 0.5) is 9.18 Å². The molecule has 25 heavy (non-hydrogen) atoms. The van der Waals surface area contributed by atoms with Gasteiger partial charge in [0.2, 0.25) is 11.8 Å². The fourth-order valence-corrected chi connectivity index (χ4v) is 2.52. The first-order valence-corrected chi connectivity index (χ1v) is 8.20. The molecule has 7 nitrogen and oxygen atoms in total. The Morgan fingerprint density at radius 2 is 1.76 bits per heavy atom. The number of nitrogens with zero attached hydrogens (tertiary/aromatic N) is 2. The Hall–Kier alpha value is -2.64. The highest BCUT2D eigenvalue weighted by atomic mass is 19.1. The van der Waals surface area contributed by atoms with Crippen LogP contribution in [-0.4, -0.2) is 67.0 Å². The molecule has 2 rings (SSSR count).